The van der Waals surface area contributed by atoms with E-state index in [1.54, 1.807) is 12.1 Å². The van der Waals surface area contributed by atoms with Crippen LogP contribution in [0.2, 0.25) is 0 Å². The maximum atomic E-state index is 12.9. The topological polar surface area (TPSA) is 37.3 Å². The van der Waals surface area contributed by atoms with Gasteiger partial charge in [0, 0.05) is 0 Å². The SMILES string of the molecule is CC(C(=O)O)c1ccc(-c2ccc(C(F)(F)F)cc2)c(-c2ccc(C(F)(F)F)cc2)c1. The quantitative estimate of drug-likeness (QED) is 0.436. The number of hydrogen-bond donors (Lipinski definition) is 1. The molecule has 0 aromatic heterocycles. The molecule has 0 aliphatic carbocycles. The van der Waals surface area contributed by atoms with Gasteiger partial charge in [-0.1, -0.05) is 36.4 Å². The Labute approximate surface area is 173 Å². The highest BCUT2D eigenvalue weighted by Gasteiger charge is 2.31. The predicted molar refractivity (Wildman–Crippen MR) is 103 cm³/mol. The van der Waals surface area contributed by atoms with Crippen LogP contribution in [-0.4, -0.2) is 11.1 Å². The lowest BCUT2D eigenvalue weighted by atomic mass is 9.89. The smallest absolute Gasteiger partial charge is 0.416 e. The van der Waals surface area contributed by atoms with Crippen LogP contribution in [0.4, 0.5) is 26.3 Å². The van der Waals surface area contributed by atoms with Crippen molar-refractivity contribution in [3.63, 3.8) is 0 Å². The average molecular weight is 438 g/mol. The number of carbonyl (C=O) groups is 1. The average Bonchev–Trinajstić information content (AvgIpc) is 2.71. The van der Waals surface area contributed by atoms with E-state index < -0.39 is 35.4 Å². The van der Waals surface area contributed by atoms with Gasteiger partial charge in [0.15, 0.2) is 0 Å². The second-order valence-electron chi connectivity index (χ2n) is 7.02. The third-order valence-corrected chi connectivity index (χ3v) is 4.96. The second-order valence-corrected chi connectivity index (χ2v) is 7.02. The first-order valence-corrected chi connectivity index (χ1v) is 9.10. The summed E-state index contributed by atoms with van der Waals surface area (Å²) in [5, 5.41) is 9.28. The van der Waals surface area contributed by atoms with E-state index in [-0.39, 0.29) is 0 Å². The van der Waals surface area contributed by atoms with E-state index in [4.69, 9.17) is 0 Å². The highest BCUT2D eigenvalue weighted by atomic mass is 19.4. The second kappa shape index (κ2) is 8.09. The van der Waals surface area contributed by atoms with Crippen LogP contribution >= 0.6 is 0 Å². The van der Waals surface area contributed by atoms with Crippen LogP contribution in [0.15, 0.2) is 66.7 Å². The predicted octanol–water partition coefficient (Wildman–Crippen LogP) is 7.25. The standard InChI is InChI=1S/C23H16F6O2/c1-13(21(30)31)16-6-11-19(14-2-7-17(8-3-14)22(24,25)26)20(12-16)15-4-9-18(10-5-15)23(27,28)29/h2-13H,1H3,(H,30,31). The van der Waals surface area contributed by atoms with Crippen LogP contribution in [0.5, 0.6) is 0 Å². The molecule has 3 aromatic rings. The summed E-state index contributed by atoms with van der Waals surface area (Å²) in [5.74, 6) is -1.96. The summed E-state index contributed by atoms with van der Waals surface area (Å²) < 4.78 is 77.3. The molecule has 0 heterocycles. The summed E-state index contributed by atoms with van der Waals surface area (Å²) in [7, 11) is 0. The Bertz CT molecular complexity index is 1080. The Morgan fingerprint density at radius 3 is 1.52 bits per heavy atom. The van der Waals surface area contributed by atoms with Crippen molar-refractivity contribution in [1.82, 2.24) is 0 Å². The number of benzene rings is 3. The van der Waals surface area contributed by atoms with Crippen LogP contribution in [-0.2, 0) is 17.1 Å². The molecule has 1 unspecified atom stereocenters. The third-order valence-electron chi connectivity index (χ3n) is 4.96. The van der Waals surface area contributed by atoms with Crippen LogP contribution in [0, 0.1) is 0 Å². The third kappa shape index (κ3) is 4.90. The zero-order valence-electron chi connectivity index (χ0n) is 16.1. The Hall–Kier alpha value is -3.29. The molecule has 0 saturated heterocycles. The fourth-order valence-corrected chi connectivity index (χ4v) is 3.14. The van der Waals surface area contributed by atoms with Crippen LogP contribution in [0.3, 0.4) is 0 Å². The molecule has 0 radical (unpaired) electrons. The molecule has 0 amide bonds. The number of carboxylic acid groups (broad SMARTS) is 1. The van der Waals surface area contributed by atoms with E-state index in [0.29, 0.717) is 27.8 Å². The van der Waals surface area contributed by atoms with Gasteiger partial charge >= 0.3 is 18.3 Å². The van der Waals surface area contributed by atoms with Gasteiger partial charge in [-0.15, -0.1) is 0 Å². The van der Waals surface area contributed by atoms with Crippen molar-refractivity contribution in [3.8, 4) is 22.3 Å². The van der Waals surface area contributed by atoms with Crippen LogP contribution < -0.4 is 0 Å². The first-order valence-electron chi connectivity index (χ1n) is 9.10. The van der Waals surface area contributed by atoms with Crippen molar-refractivity contribution in [2.24, 2.45) is 0 Å². The van der Waals surface area contributed by atoms with Crippen molar-refractivity contribution >= 4 is 5.97 Å². The molecule has 1 atom stereocenters. The zero-order chi connectivity index (χ0) is 23.0. The number of hydrogen-bond acceptors (Lipinski definition) is 1. The first kappa shape index (κ1) is 22.4. The molecular weight excluding hydrogens is 422 g/mol. The Morgan fingerprint density at radius 1 is 0.710 bits per heavy atom. The van der Waals surface area contributed by atoms with Gasteiger partial charge < -0.3 is 5.11 Å². The van der Waals surface area contributed by atoms with Gasteiger partial charge in [-0.2, -0.15) is 26.3 Å². The summed E-state index contributed by atoms with van der Waals surface area (Å²) in [4.78, 5) is 11.4. The first-order chi connectivity index (χ1) is 14.4. The highest BCUT2D eigenvalue weighted by molar-refractivity contribution is 5.85. The van der Waals surface area contributed by atoms with Gasteiger partial charge in [0.05, 0.1) is 17.0 Å². The zero-order valence-corrected chi connectivity index (χ0v) is 16.1. The molecule has 0 spiro atoms. The van der Waals surface area contributed by atoms with Crippen molar-refractivity contribution < 1.29 is 36.2 Å². The number of carboxylic acids is 1. The van der Waals surface area contributed by atoms with E-state index in [2.05, 4.69) is 0 Å². The summed E-state index contributed by atoms with van der Waals surface area (Å²) in [6.45, 7) is 1.46. The maximum Gasteiger partial charge on any atom is 0.416 e. The molecule has 3 rings (SSSR count). The molecule has 1 N–H and O–H groups in total. The molecule has 3 aromatic carbocycles. The molecule has 8 heteroatoms. The van der Waals surface area contributed by atoms with Crippen LogP contribution in [0.25, 0.3) is 22.3 Å². The van der Waals surface area contributed by atoms with E-state index in [1.807, 2.05) is 0 Å². The van der Waals surface area contributed by atoms with Gasteiger partial charge in [-0.05, 0) is 65.1 Å². The normalized spacial score (nSPS) is 13.1. The van der Waals surface area contributed by atoms with Gasteiger partial charge in [0.2, 0.25) is 0 Å². The lowest BCUT2D eigenvalue weighted by Gasteiger charge is -2.16. The van der Waals surface area contributed by atoms with Gasteiger partial charge in [0.25, 0.3) is 0 Å². The van der Waals surface area contributed by atoms with Crippen molar-refractivity contribution in [3.05, 3.63) is 83.4 Å². The number of rotatable bonds is 4. The van der Waals surface area contributed by atoms with Crippen molar-refractivity contribution in [2.75, 3.05) is 0 Å². The number of aliphatic carboxylic acids is 1. The van der Waals surface area contributed by atoms with Gasteiger partial charge in [-0.25, -0.2) is 0 Å². The van der Waals surface area contributed by atoms with Gasteiger partial charge in [0.1, 0.15) is 0 Å². The minimum absolute atomic E-state index is 0.377. The Kier molecular flexibility index (Phi) is 5.85. The molecule has 0 bridgehead atoms. The largest absolute Gasteiger partial charge is 0.481 e. The van der Waals surface area contributed by atoms with E-state index in [1.165, 1.54) is 37.3 Å². The molecule has 0 fully saturated rings. The molecule has 2 nitrogen and oxygen atoms in total. The summed E-state index contributed by atoms with van der Waals surface area (Å²) in [5.41, 5.74) is 0.414. The lowest BCUT2D eigenvalue weighted by molar-refractivity contribution is -0.139. The van der Waals surface area contributed by atoms with E-state index in [0.717, 1.165) is 24.3 Å². The minimum atomic E-state index is -4.52. The lowest BCUT2D eigenvalue weighted by Crippen LogP contribution is -2.08. The van der Waals surface area contributed by atoms with Crippen molar-refractivity contribution in [2.45, 2.75) is 25.2 Å². The molecule has 0 aliphatic rings. The molecule has 31 heavy (non-hydrogen) atoms. The Morgan fingerprint density at radius 2 is 1.13 bits per heavy atom. The fourth-order valence-electron chi connectivity index (χ4n) is 3.14. The van der Waals surface area contributed by atoms with Gasteiger partial charge in [-0.3, -0.25) is 4.79 Å². The molecule has 0 aliphatic heterocycles. The fraction of sp³-hybridized carbons (Fsp3) is 0.174. The minimum Gasteiger partial charge on any atom is -0.481 e. The van der Waals surface area contributed by atoms with E-state index >= 15 is 0 Å². The molecule has 0 saturated carbocycles. The summed E-state index contributed by atoms with van der Waals surface area (Å²) in [6, 6.07) is 13.3. The van der Waals surface area contributed by atoms with Crippen molar-refractivity contribution in [1.29, 1.82) is 0 Å². The molecule has 162 valence electrons. The molecular formula is C23H16F6O2. The Balaban J connectivity index is 2.14. The van der Waals surface area contributed by atoms with Crippen LogP contribution in [0.1, 0.15) is 29.5 Å². The highest BCUT2D eigenvalue weighted by Crippen LogP contribution is 2.38. The summed E-state index contributed by atoms with van der Waals surface area (Å²) >= 11 is 0. The number of halogens is 6. The monoisotopic (exact) mass is 438 g/mol. The van der Waals surface area contributed by atoms with E-state index in [9.17, 15) is 36.2 Å². The number of alkyl halides is 6. The maximum absolute atomic E-state index is 12.9. The summed E-state index contributed by atoms with van der Waals surface area (Å²) in [6.07, 6.45) is -9.02.